The molecule has 1 aliphatic rings. The van der Waals surface area contributed by atoms with Crippen molar-refractivity contribution in [3.63, 3.8) is 0 Å². The smallest absolute Gasteiger partial charge is 0.129 e. The molecule has 0 radical (unpaired) electrons. The second-order valence-corrected chi connectivity index (χ2v) is 2.99. The molecule has 0 saturated carbocycles. The predicted octanol–water partition coefficient (Wildman–Crippen LogP) is 0.169. The first-order chi connectivity index (χ1) is 5.84. The van der Waals surface area contributed by atoms with Gasteiger partial charge in [0.15, 0.2) is 0 Å². The van der Waals surface area contributed by atoms with Crippen LogP contribution in [0.4, 0.5) is 5.82 Å². The lowest BCUT2D eigenvalue weighted by molar-refractivity contribution is 0.471. The average Bonchev–Trinajstić information content (AvgIpc) is 1.97. The fraction of sp³-hybridized carbons (Fsp3) is 0.500. The second kappa shape index (κ2) is 3.06. The van der Waals surface area contributed by atoms with Crippen molar-refractivity contribution >= 4 is 5.82 Å². The van der Waals surface area contributed by atoms with E-state index in [1.807, 2.05) is 13.0 Å². The minimum atomic E-state index is 0.541. The van der Waals surface area contributed by atoms with Crippen molar-refractivity contribution in [1.82, 2.24) is 15.3 Å². The number of nitrogens with zero attached hydrogens (tertiary/aromatic N) is 2. The van der Waals surface area contributed by atoms with Gasteiger partial charge >= 0.3 is 0 Å². The quantitative estimate of drug-likeness (QED) is 0.654. The van der Waals surface area contributed by atoms with Crippen molar-refractivity contribution in [3.05, 3.63) is 18.1 Å². The zero-order valence-corrected chi connectivity index (χ0v) is 7.04. The van der Waals surface area contributed by atoms with Crippen molar-refractivity contribution in [2.75, 3.05) is 18.4 Å². The van der Waals surface area contributed by atoms with Gasteiger partial charge in [0.1, 0.15) is 11.6 Å². The van der Waals surface area contributed by atoms with Gasteiger partial charge in [0.25, 0.3) is 0 Å². The van der Waals surface area contributed by atoms with E-state index in [0.717, 1.165) is 24.7 Å². The number of hydrogen-bond donors (Lipinski definition) is 2. The molecule has 0 aromatic carbocycles. The Bertz CT molecular complexity index is 270. The summed E-state index contributed by atoms with van der Waals surface area (Å²) < 4.78 is 0. The summed E-state index contributed by atoms with van der Waals surface area (Å²) >= 11 is 0. The molecule has 4 nitrogen and oxygen atoms in total. The molecule has 0 atom stereocenters. The summed E-state index contributed by atoms with van der Waals surface area (Å²) in [5, 5.41) is 6.50. The fourth-order valence-electron chi connectivity index (χ4n) is 1.14. The summed E-state index contributed by atoms with van der Waals surface area (Å²) in [4.78, 5) is 8.27. The normalized spacial score (nSPS) is 17.1. The molecule has 12 heavy (non-hydrogen) atoms. The molecule has 2 heterocycles. The Morgan fingerprint density at radius 3 is 3.00 bits per heavy atom. The lowest BCUT2D eigenvalue weighted by atomic mass is 10.2. The van der Waals surface area contributed by atoms with Gasteiger partial charge in [0.2, 0.25) is 0 Å². The van der Waals surface area contributed by atoms with Crippen LogP contribution in [0.25, 0.3) is 0 Å². The molecule has 0 unspecified atom stereocenters. The van der Waals surface area contributed by atoms with Gasteiger partial charge in [-0.15, -0.1) is 0 Å². The van der Waals surface area contributed by atoms with Gasteiger partial charge in [-0.05, 0) is 13.0 Å². The molecule has 64 valence electrons. The van der Waals surface area contributed by atoms with E-state index in [-0.39, 0.29) is 0 Å². The van der Waals surface area contributed by atoms with Gasteiger partial charge < -0.3 is 10.6 Å². The molecule has 2 N–H and O–H groups in total. The first-order valence-electron chi connectivity index (χ1n) is 4.11. The number of aryl methyl sites for hydroxylation is 1. The summed E-state index contributed by atoms with van der Waals surface area (Å²) in [6.07, 6.45) is 1.77. The van der Waals surface area contributed by atoms with Crippen LogP contribution in [0.3, 0.4) is 0 Å². The van der Waals surface area contributed by atoms with E-state index in [1.54, 1.807) is 6.20 Å². The Kier molecular flexibility index (Phi) is 1.91. The molecule has 0 spiro atoms. The maximum atomic E-state index is 4.24. The summed E-state index contributed by atoms with van der Waals surface area (Å²) in [5.74, 6) is 1.74. The largest absolute Gasteiger partial charge is 0.365 e. The van der Waals surface area contributed by atoms with Crippen LogP contribution >= 0.6 is 0 Å². The summed E-state index contributed by atoms with van der Waals surface area (Å²) in [7, 11) is 0. The zero-order valence-electron chi connectivity index (χ0n) is 7.04. The molecule has 4 heteroatoms. The minimum absolute atomic E-state index is 0.541. The highest BCUT2D eigenvalue weighted by molar-refractivity contribution is 5.35. The first-order valence-corrected chi connectivity index (χ1v) is 4.11. The van der Waals surface area contributed by atoms with Crippen LogP contribution in [0.15, 0.2) is 12.3 Å². The second-order valence-electron chi connectivity index (χ2n) is 2.99. The van der Waals surface area contributed by atoms with Gasteiger partial charge in [-0.1, -0.05) is 0 Å². The van der Waals surface area contributed by atoms with Crippen LogP contribution in [0, 0.1) is 6.92 Å². The third kappa shape index (κ3) is 1.53. The third-order valence-electron chi connectivity index (χ3n) is 1.91. The lowest BCUT2D eigenvalue weighted by Gasteiger charge is -2.28. The highest BCUT2D eigenvalue weighted by Crippen LogP contribution is 2.05. The predicted molar refractivity (Wildman–Crippen MR) is 47.0 cm³/mol. The molecular weight excluding hydrogens is 152 g/mol. The highest BCUT2D eigenvalue weighted by Gasteiger charge is 2.16. The highest BCUT2D eigenvalue weighted by atomic mass is 15.1. The maximum Gasteiger partial charge on any atom is 0.129 e. The van der Waals surface area contributed by atoms with Crippen molar-refractivity contribution in [3.8, 4) is 0 Å². The lowest BCUT2D eigenvalue weighted by Crippen LogP contribution is -2.51. The third-order valence-corrected chi connectivity index (χ3v) is 1.91. The molecule has 1 aliphatic heterocycles. The summed E-state index contributed by atoms with van der Waals surface area (Å²) in [6, 6.07) is 2.44. The number of anilines is 1. The zero-order chi connectivity index (χ0) is 8.39. The molecule has 0 bridgehead atoms. The van der Waals surface area contributed by atoms with Gasteiger partial charge in [-0.3, -0.25) is 0 Å². The number of nitrogens with one attached hydrogen (secondary N) is 2. The van der Waals surface area contributed by atoms with Crippen LogP contribution in [0.5, 0.6) is 0 Å². The van der Waals surface area contributed by atoms with Crippen molar-refractivity contribution in [2.24, 2.45) is 0 Å². The van der Waals surface area contributed by atoms with E-state index < -0.39 is 0 Å². The van der Waals surface area contributed by atoms with Gasteiger partial charge in [-0.2, -0.15) is 0 Å². The topological polar surface area (TPSA) is 49.8 Å². The van der Waals surface area contributed by atoms with E-state index >= 15 is 0 Å². The molecular formula is C8H12N4. The molecule has 2 rings (SSSR count). The van der Waals surface area contributed by atoms with Crippen molar-refractivity contribution < 1.29 is 0 Å². The van der Waals surface area contributed by atoms with Gasteiger partial charge in [0, 0.05) is 19.3 Å². The standard InChI is InChI=1S/C8H12N4/c1-6-10-3-2-8(11-6)12-7-4-9-5-7/h2-3,7,9H,4-5H2,1H3,(H,10,11,12). The molecule has 1 aromatic rings. The van der Waals surface area contributed by atoms with Crippen LogP contribution in [-0.4, -0.2) is 29.1 Å². The van der Waals surface area contributed by atoms with E-state index in [1.165, 1.54) is 0 Å². The molecule has 1 fully saturated rings. The number of aromatic nitrogens is 2. The van der Waals surface area contributed by atoms with Crippen LogP contribution in [0.2, 0.25) is 0 Å². The summed E-state index contributed by atoms with van der Waals surface area (Å²) in [5.41, 5.74) is 0. The molecule has 0 aliphatic carbocycles. The monoisotopic (exact) mass is 164 g/mol. The van der Waals surface area contributed by atoms with Gasteiger partial charge in [-0.25, -0.2) is 9.97 Å². The van der Waals surface area contributed by atoms with Crippen LogP contribution in [0.1, 0.15) is 5.82 Å². The van der Waals surface area contributed by atoms with Crippen LogP contribution < -0.4 is 10.6 Å². The first kappa shape index (κ1) is 7.49. The Balaban J connectivity index is 2.02. The average molecular weight is 164 g/mol. The van der Waals surface area contributed by atoms with E-state index in [9.17, 15) is 0 Å². The minimum Gasteiger partial charge on any atom is -0.365 e. The van der Waals surface area contributed by atoms with E-state index in [4.69, 9.17) is 0 Å². The Hall–Kier alpha value is -1.16. The number of rotatable bonds is 2. The Morgan fingerprint density at radius 2 is 2.42 bits per heavy atom. The maximum absolute atomic E-state index is 4.24. The Morgan fingerprint density at radius 1 is 1.58 bits per heavy atom. The molecule has 0 amide bonds. The van der Waals surface area contributed by atoms with Crippen molar-refractivity contribution in [2.45, 2.75) is 13.0 Å². The van der Waals surface area contributed by atoms with Crippen LogP contribution in [-0.2, 0) is 0 Å². The fourth-order valence-corrected chi connectivity index (χ4v) is 1.14. The van der Waals surface area contributed by atoms with Crippen molar-refractivity contribution in [1.29, 1.82) is 0 Å². The van der Waals surface area contributed by atoms with E-state index in [0.29, 0.717) is 6.04 Å². The molecule has 1 aromatic heterocycles. The van der Waals surface area contributed by atoms with Gasteiger partial charge in [0.05, 0.1) is 6.04 Å². The van der Waals surface area contributed by atoms with E-state index in [2.05, 4.69) is 20.6 Å². The molecule has 1 saturated heterocycles. The Labute approximate surface area is 71.4 Å². The summed E-state index contributed by atoms with van der Waals surface area (Å²) in [6.45, 7) is 3.95. The SMILES string of the molecule is Cc1nccc(NC2CNC2)n1. The number of hydrogen-bond acceptors (Lipinski definition) is 4.